The number of hydrogen-bond donors (Lipinski definition) is 1. The quantitative estimate of drug-likeness (QED) is 0.839. The van der Waals surface area contributed by atoms with E-state index in [4.69, 9.17) is 0 Å². The van der Waals surface area contributed by atoms with E-state index in [0.717, 1.165) is 12.1 Å². The van der Waals surface area contributed by atoms with E-state index in [2.05, 4.69) is 29.1 Å². The lowest BCUT2D eigenvalue weighted by Gasteiger charge is -2.36. The molecular weight excluding hydrogens is 234 g/mol. The fourth-order valence-electron chi connectivity index (χ4n) is 4.73. The Morgan fingerprint density at radius 2 is 2.05 bits per heavy atom. The van der Waals surface area contributed by atoms with Gasteiger partial charge in [-0.1, -0.05) is 13.3 Å². The molecule has 3 unspecified atom stereocenters. The van der Waals surface area contributed by atoms with Crippen molar-refractivity contribution in [3.63, 3.8) is 0 Å². The Morgan fingerprint density at radius 3 is 2.79 bits per heavy atom. The molecule has 0 spiro atoms. The number of fused-ring (bicyclic) bond motifs is 2. The Kier molecular flexibility index (Phi) is 4.16. The average Bonchev–Trinajstić information content (AvgIpc) is 2.91. The molecule has 3 heteroatoms. The fourth-order valence-corrected chi connectivity index (χ4v) is 4.73. The first kappa shape index (κ1) is 13.8. The predicted octanol–water partition coefficient (Wildman–Crippen LogP) is 2.08. The number of nitrogens with one attached hydrogen (secondary N) is 1. The lowest BCUT2D eigenvalue weighted by molar-refractivity contribution is 0.165. The number of nitrogens with zero attached hydrogens (tertiary/aromatic N) is 2. The van der Waals surface area contributed by atoms with E-state index >= 15 is 0 Å². The summed E-state index contributed by atoms with van der Waals surface area (Å²) in [5.74, 6) is 0. The first-order chi connectivity index (χ1) is 9.22. The van der Waals surface area contributed by atoms with Crippen molar-refractivity contribution in [3.8, 4) is 0 Å². The third kappa shape index (κ3) is 2.84. The third-order valence-corrected chi connectivity index (χ3v) is 5.82. The van der Waals surface area contributed by atoms with Crippen LogP contribution in [0, 0.1) is 0 Å². The van der Waals surface area contributed by atoms with E-state index in [-0.39, 0.29) is 0 Å². The minimum absolute atomic E-state index is 0.441. The minimum Gasteiger partial charge on any atom is -0.310 e. The molecule has 0 aromatic rings. The van der Waals surface area contributed by atoms with Gasteiger partial charge in [0.25, 0.3) is 0 Å². The van der Waals surface area contributed by atoms with Crippen LogP contribution in [0.1, 0.15) is 51.9 Å². The van der Waals surface area contributed by atoms with E-state index in [9.17, 15) is 0 Å². The summed E-state index contributed by atoms with van der Waals surface area (Å²) in [5.41, 5.74) is 0.441. The van der Waals surface area contributed by atoms with Crippen LogP contribution in [-0.4, -0.2) is 60.6 Å². The van der Waals surface area contributed by atoms with Gasteiger partial charge in [0.15, 0.2) is 0 Å². The monoisotopic (exact) mass is 265 g/mol. The molecule has 3 heterocycles. The van der Waals surface area contributed by atoms with E-state index < -0.39 is 0 Å². The maximum absolute atomic E-state index is 3.84. The molecule has 19 heavy (non-hydrogen) atoms. The topological polar surface area (TPSA) is 18.5 Å². The first-order valence-electron chi connectivity index (χ1n) is 8.42. The maximum Gasteiger partial charge on any atom is 0.0309 e. The van der Waals surface area contributed by atoms with E-state index in [0.29, 0.717) is 5.54 Å². The van der Waals surface area contributed by atoms with Gasteiger partial charge in [0.1, 0.15) is 0 Å². The van der Waals surface area contributed by atoms with Crippen LogP contribution in [0.25, 0.3) is 0 Å². The van der Waals surface area contributed by atoms with Crippen molar-refractivity contribution >= 4 is 0 Å². The molecule has 2 bridgehead atoms. The molecule has 0 amide bonds. The van der Waals surface area contributed by atoms with Gasteiger partial charge in [-0.25, -0.2) is 0 Å². The van der Waals surface area contributed by atoms with Crippen molar-refractivity contribution in [2.75, 3.05) is 33.2 Å². The van der Waals surface area contributed by atoms with Gasteiger partial charge >= 0.3 is 0 Å². The van der Waals surface area contributed by atoms with Crippen molar-refractivity contribution < 1.29 is 0 Å². The number of likely N-dealkylation sites (tertiary alicyclic amines) is 1. The van der Waals surface area contributed by atoms with Crippen LogP contribution >= 0.6 is 0 Å². The predicted molar refractivity (Wildman–Crippen MR) is 80.5 cm³/mol. The van der Waals surface area contributed by atoms with E-state index in [1.54, 1.807) is 0 Å². The van der Waals surface area contributed by atoms with Gasteiger partial charge in [0.2, 0.25) is 0 Å². The lowest BCUT2D eigenvalue weighted by atomic mass is 9.90. The molecule has 110 valence electrons. The van der Waals surface area contributed by atoms with Crippen molar-refractivity contribution in [1.82, 2.24) is 15.1 Å². The lowest BCUT2D eigenvalue weighted by Crippen LogP contribution is -2.51. The number of hydrogen-bond acceptors (Lipinski definition) is 3. The van der Waals surface area contributed by atoms with Crippen molar-refractivity contribution in [3.05, 3.63) is 0 Å². The summed E-state index contributed by atoms with van der Waals surface area (Å²) in [5, 5.41) is 3.84. The third-order valence-electron chi connectivity index (χ3n) is 5.82. The second kappa shape index (κ2) is 5.71. The largest absolute Gasteiger partial charge is 0.310 e. The molecule has 0 aliphatic carbocycles. The summed E-state index contributed by atoms with van der Waals surface area (Å²) in [4.78, 5) is 5.43. The smallest absolute Gasteiger partial charge is 0.0309 e. The van der Waals surface area contributed by atoms with Crippen molar-refractivity contribution in [1.29, 1.82) is 0 Å². The standard InChI is InChI=1S/C16H31N3/c1-3-8-16(9-4-10-17-16)13-19-11-7-14-5-6-15(12-19)18(14)2/h14-15,17H,3-13H2,1-2H3. The van der Waals surface area contributed by atoms with Crippen molar-refractivity contribution in [2.24, 2.45) is 0 Å². The summed E-state index contributed by atoms with van der Waals surface area (Å²) in [6, 6.07) is 1.70. The van der Waals surface area contributed by atoms with Gasteiger partial charge in [-0.15, -0.1) is 0 Å². The number of likely N-dealkylation sites (N-methyl/N-ethyl adjacent to an activating group) is 1. The molecule has 3 aliphatic rings. The van der Waals surface area contributed by atoms with Crippen LogP contribution in [0.5, 0.6) is 0 Å². The highest BCUT2D eigenvalue weighted by Crippen LogP contribution is 2.31. The van der Waals surface area contributed by atoms with E-state index in [1.165, 1.54) is 71.1 Å². The Morgan fingerprint density at radius 1 is 1.21 bits per heavy atom. The highest BCUT2D eigenvalue weighted by molar-refractivity contribution is 4.98. The Labute approximate surface area is 118 Å². The Hall–Kier alpha value is -0.120. The molecular formula is C16H31N3. The molecule has 0 saturated carbocycles. The number of rotatable bonds is 4. The molecule has 3 atom stereocenters. The van der Waals surface area contributed by atoms with Crippen LogP contribution in [0.4, 0.5) is 0 Å². The van der Waals surface area contributed by atoms with Gasteiger partial charge in [-0.2, -0.15) is 0 Å². The Balaban J connectivity index is 1.63. The van der Waals surface area contributed by atoms with Crippen molar-refractivity contribution in [2.45, 2.75) is 69.5 Å². The van der Waals surface area contributed by atoms with E-state index in [1.807, 2.05) is 0 Å². The molecule has 0 aromatic heterocycles. The van der Waals surface area contributed by atoms with Crippen LogP contribution in [0.2, 0.25) is 0 Å². The maximum atomic E-state index is 3.84. The van der Waals surface area contributed by atoms with Gasteiger partial charge < -0.3 is 5.32 Å². The molecule has 0 aromatic carbocycles. The average molecular weight is 265 g/mol. The highest BCUT2D eigenvalue weighted by Gasteiger charge is 2.39. The summed E-state index contributed by atoms with van der Waals surface area (Å²) in [6.07, 6.45) is 9.68. The summed E-state index contributed by atoms with van der Waals surface area (Å²) in [6.45, 7) is 7.48. The van der Waals surface area contributed by atoms with Crippen LogP contribution in [0.15, 0.2) is 0 Å². The fraction of sp³-hybridized carbons (Fsp3) is 1.00. The van der Waals surface area contributed by atoms with Gasteiger partial charge in [-0.3, -0.25) is 9.80 Å². The van der Waals surface area contributed by atoms with Gasteiger partial charge in [0, 0.05) is 30.7 Å². The van der Waals surface area contributed by atoms with Crippen LogP contribution < -0.4 is 5.32 Å². The first-order valence-corrected chi connectivity index (χ1v) is 8.42. The summed E-state index contributed by atoms with van der Waals surface area (Å²) >= 11 is 0. The summed E-state index contributed by atoms with van der Waals surface area (Å²) < 4.78 is 0. The summed E-state index contributed by atoms with van der Waals surface area (Å²) in [7, 11) is 2.35. The zero-order chi connectivity index (χ0) is 13.3. The second-order valence-corrected chi connectivity index (χ2v) is 7.13. The van der Waals surface area contributed by atoms with Gasteiger partial charge in [-0.05, 0) is 58.7 Å². The zero-order valence-electron chi connectivity index (χ0n) is 12.8. The molecule has 3 nitrogen and oxygen atoms in total. The second-order valence-electron chi connectivity index (χ2n) is 7.13. The van der Waals surface area contributed by atoms with Crippen LogP contribution in [0.3, 0.4) is 0 Å². The normalized spacial score (nSPS) is 40.7. The zero-order valence-corrected chi connectivity index (χ0v) is 12.8. The molecule has 3 aliphatic heterocycles. The highest BCUT2D eigenvalue weighted by atomic mass is 15.3. The van der Waals surface area contributed by atoms with Crippen LogP contribution in [-0.2, 0) is 0 Å². The molecule has 3 rings (SSSR count). The molecule has 3 saturated heterocycles. The molecule has 3 fully saturated rings. The molecule has 0 radical (unpaired) electrons. The van der Waals surface area contributed by atoms with Gasteiger partial charge in [0.05, 0.1) is 0 Å². The molecule has 1 N–H and O–H groups in total. The SMILES string of the molecule is CCCC1(CN2CCC3CCC(C2)N3C)CCCN1. The Bertz CT molecular complexity index is 298. The minimum atomic E-state index is 0.441.